The number of hydrogen-bond donors (Lipinski definition) is 2. The van der Waals surface area contributed by atoms with Gasteiger partial charge in [-0.2, -0.15) is 0 Å². The predicted molar refractivity (Wildman–Crippen MR) is 167 cm³/mol. The number of ether oxygens (including phenoxy) is 1. The first-order valence-electron chi connectivity index (χ1n) is 13.8. The van der Waals surface area contributed by atoms with Crippen LogP contribution in [0.5, 0.6) is 0 Å². The number of fused-ring (bicyclic) bond motifs is 1. The van der Waals surface area contributed by atoms with Crippen LogP contribution in [0, 0.1) is 0 Å². The normalized spacial score (nSPS) is 22.1. The van der Waals surface area contributed by atoms with E-state index in [4.69, 9.17) is 4.74 Å². The number of alkyl carbamates (subject to hydrolysis) is 1. The molecule has 2 amide bonds. The van der Waals surface area contributed by atoms with Gasteiger partial charge in [0.05, 0.1) is 13.7 Å². The van der Waals surface area contributed by atoms with Crippen molar-refractivity contribution in [3.8, 4) is 0 Å². The highest BCUT2D eigenvalue weighted by molar-refractivity contribution is 14.0. The number of piperidine rings is 1. The molecule has 0 saturated carbocycles. The molecule has 8 heteroatoms. The number of anilines is 1. The number of methoxy groups -OCH3 is 1. The summed E-state index contributed by atoms with van der Waals surface area (Å²) in [5.74, 6) is -0.0147. The molecule has 2 atom stereocenters. The summed E-state index contributed by atoms with van der Waals surface area (Å²) in [6.45, 7) is 6.02. The molecule has 2 aliphatic heterocycles. The van der Waals surface area contributed by atoms with E-state index < -0.39 is 11.6 Å². The zero-order valence-electron chi connectivity index (χ0n) is 23.2. The van der Waals surface area contributed by atoms with Crippen molar-refractivity contribution in [2.75, 3.05) is 38.7 Å². The second-order valence-corrected chi connectivity index (χ2v) is 10.0. The minimum Gasteiger partial charge on any atom is -0.453 e. The Kier molecular flexibility index (Phi) is 9.18. The van der Waals surface area contributed by atoms with Crippen LogP contribution in [0.4, 0.5) is 10.5 Å². The molecular formula is C31H39IN4O3. The van der Waals surface area contributed by atoms with Crippen LogP contribution in [-0.4, -0.2) is 56.7 Å². The fourth-order valence-corrected chi connectivity index (χ4v) is 6.61. The third-order valence-electron chi connectivity index (χ3n) is 8.42. The van der Waals surface area contributed by atoms with Gasteiger partial charge in [0.25, 0.3) is 5.91 Å². The molecule has 2 heterocycles. The first kappa shape index (κ1) is 29.3. The summed E-state index contributed by atoms with van der Waals surface area (Å²) in [6.07, 6.45) is 2.32. The van der Waals surface area contributed by atoms with Crippen LogP contribution in [0.15, 0.2) is 60.7 Å². The van der Waals surface area contributed by atoms with Crippen LogP contribution in [0.25, 0.3) is 10.8 Å². The van der Waals surface area contributed by atoms with Gasteiger partial charge in [-0.3, -0.25) is 9.69 Å². The largest absolute Gasteiger partial charge is 0.453 e. The van der Waals surface area contributed by atoms with Gasteiger partial charge in [0, 0.05) is 36.4 Å². The van der Waals surface area contributed by atoms with Crippen LogP contribution in [0.2, 0.25) is 0 Å². The van der Waals surface area contributed by atoms with Gasteiger partial charge in [-0.25, -0.2) is 4.79 Å². The molecule has 2 unspecified atom stereocenters. The summed E-state index contributed by atoms with van der Waals surface area (Å²) in [5.41, 5.74) is 3.70. The van der Waals surface area contributed by atoms with Gasteiger partial charge in [0.1, 0.15) is 5.54 Å². The Balaban J connectivity index is 0.00000115. The van der Waals surface area contributed by atoms with E-state index in [1.54, 1.807) is 7.05 Å². The molecule has 0 bridgehead atoms. The number of likely N-dealkylation sites (N-methyl/N-ethyl adjacent to an activating group) is 1. The van der Waals surface area contributed by atoms with E-state index in [9.17, 15) is 9.59 Å². The molecule has 39 heavy (non-hydrogen) atoms. The molecule has 208 valence electrons. The molecule has 1 saturated heterocycles. The van der Waals surface area contributed by atoms with Crippen molar-refractivity contribution in [3.05, 3.63) is 77.4 Å². The molecule has 3 aromatic rings. The lowest BCUT2D eigenvalue weighted by molar-refractivity contribution is -0.124. The van der Waals surface area contributed by atoms with Gasteiger partial charge in [0.15, 0.2) is 0 Å². The lowest BCUT2D eigenvalue weighted by atomic mass is 9.91. The van der Waals surface area contributed by atoms with E-state index in [2.05, 4.69) is 51.9 Å². The average Bonchev–Trinajstić information content (AvgIpc) is 3.47. The highest BCUT2D eigenvalue weighted by Crippen LogP contribution is 2.44. The number of carbonyl (C=O) groups is 2. The maximum Gasteiger partial charge on any atom is 0.406 e. The first-order valence-corrected chi connectivity index (χ1v) is 13.8. The second kappa shape index (κ2) is 12.2. The van der Waals surface area contributed by atoms with Gasteiger partial charge < -0.3 is 20.3 Å². The number of halogens is 1. The number of hydrogen-bond acceptors (Lipinski definition) is 5. The van der Waals surface area contributed by atoms with E-state index in [0.29, 0.717) is 6.04 Å². The van der Waals surface area contributed by atoms with Crippen molar-refractivity contribution in [1.29, 1.82) is 0 Å². The summed E-state index contributed by atoms with van der Waals surface area (Å²) < 4.78 is 4.76. The Hall–Kier alpha value is -2.69. The fourth-order valence-electron chi connectivity index (χ4n) is 6.61. The summed E-state index contributed by atoms with van der Waals surface area (Å²) in [4.78, 5) is 30.4. The highest BCUT2D eigenvalue weighted by atomic mass is 127. The quantitative estimate of drug-likeness (QED) is 0.367. The summed E-state index contributed by atoms with van der Waals surface area (Å²) in [7, 11) is 3.10. The number of benzene rings is 3. The molecule has 0 aromatic heterocycles. The summed E-state index contributed by atoms with van der Waals surface area (Å²) in [5, 5.41) is 8.73. The lowest BCUT2D eigenvalue weighted by Crippen LogP contribution is -2.58. The number of carbonyl (C=O) groups excluding carboxylic acids is 2. The Morgan fingerprint density at radius 3 is 2.41 bits per heavy atom. The fraction of sp³-hybridized carbons (Fsp3) is 0.419. The van der Waals surface area contributed by atoms with Crippen molar-refractivity contribution in [1.82, 2.24) is 15.5 Å². The molecule has 6 rings (SSSR count). The number of rotatable bonds is 5. The van der Waals surface area contributed by atoms with Crippen molar-refractivity contribution in [3.63, 3.8) is 0 Å². The molecule has 1 fully saturated rings. The van der Waals surface area contributed by atoms with Crippen molar-refractivity contribution >= 4 is 52.4 Å². The monoisotopic (exact) mass is 642 g/mol. The average molecular weight is 643 g/mol. The van der Waals surface area contributed by atoms with Gasteiger partial charge >= 0.3 is 6.09 Å². The van der Waals surface area contributed by atoms with Crippen LogP contribution in [0.3, 0.4) is 0 Å². The van der Waals surface area contributed by atoms with Crippen molar-refractivity contribution < 1.29 is 14.3 Å². The van der Waals surface area contributed by atoms with Gasteiger partial charge in [-0.15, -0.1) is 24.0 Å². The molecular weight excluding hydrogens is 603 g/mol. The predicted octanol–water partition coefficient (Wildman–Crippen LogP) is 5.36. The van der Waals surface area contributed by atoms with Crippen LogP contribution >= 0.6 is 24.0 Å². The molecule has 0 radical (unpaired) electrons. The SMILES string of the molecule is CC.CNC1(CNC(=O)OC)C(=O)N(C2CCN(C3Cc4cccc5cccc3c45)CC2)c2ccccc21.I. The van der Waals surface area contributed by atoms with E-state index >= 15 is 0 Å². The Bertz CT molecular complexity index is 1340. The molecule has 3 aliphatic rings. The maximum atomic E-state index is 14.0. The van der Waals surface area contributed by atoms with Crippen LogP contribution in [0.1, 0.15) is 49.4 Å². The van der Waals surface area contributed by atoms with E-state index in [0.717, 1.165) is 43.6 Å². The molecule has 0 spiro atoms. The minimum atomic E-state index is -1.01. The Morgan fingerprint density at radius 2 is 1.72 bits per heavy atom. The van der Waals surface area contributed by atoms with Crippen molar-refractivity contribution in [2.24, 2.45) is 0 Å². The summed E-state index contributed by atoms with van der Waals surface area (Å²) in [6, 6.07) is 21.7. The standard InChI is InChI=1S/C29H32N4O3.C2H6.HI/c1-30-29(18-31-28(35)36-2)23-11-3-4-12-24(23)33(27(29)34)21-13-15-32(16-14-21)25-17-20-9-5-7-19-8-6-10-22(25)26(19)20;1-2;/h3-12,21,25,30H,13-18H2,1-2H3,(H,31,35);1-2H3;1H. The van der Waals surface area contributed by atoms with Gasteiger partial charge in [0.2, 0.25) is 0 Å². The van der Waals surface area contributed by atoms with Gasteiger partial charge in [-0.05, 0) is 54.3 Å². The second-order valence-electron chi connectivity index (χ2n) is 10.0. The molecule has 1 aliphatic carbocycles. The maximum absolute atomic E-state index is 14.0. The number of nitrogens with one attached hydrogen (secondary N) is 2. The molecule has 7 nitrogen and oxygen atoms in total. The number of nitrogens with zero attached hydrogens (tertiary/aromatic N) is 2. The number of para-hydroxylation sites is 1. The third kappa shape index (κ3) is 4.91. The molecule has 2 N–H and O–H groups in total. The topological polar surface area (TPSA) is 73.9 Å². The van der Waals surface area contributed by atoms with Gasteiger partial charge in [-0.1, -0.05) is 68.4 Å². The highest BCUT2D eigenvalue weighted by Gasteiger charge is 2.52. The number of amides is 2. The third-order valence-corrected chi connectivity index (χ3v) is 8.42. The Labute approximate surface area is 248 Å². The van der Waals surface area contributed by atoms with Crippen LogP contribution < -0.4 is 15.5 Å². The van der Waals surface area contributed by atoms with E-state index in [1.165, 1.54) is 29.0 Å². The van der Waals surface area contributed by atoms with E-state index in [1.807, 2.05) is 43.0 Å². The van der Waals surface area contributed by atoms with E-state index in [-0.39, 0.29) is 42.5 Å². The smallest absolute Gasteiger partial charge is 0.406 e. The molecule has 3 aromatic carbocycles. The Morgan fingerprint density at radius 1 is 1.03 bits per heavy atom. The lowest BCUT2D eigenvalue weighted by Gasteiger charge is -2.40. The summed E-state index contributed by atoms with van der Waals surface area (Å²) >= 11 is 0. The van der Waals surface area contributed by atoms with Crippen LogP contribution in [-0.2, 0) is 21.5 Å². The zero-order valence-corrected chi connectivity index (χ0v) is 25.5. The first-order chi connectivity index (χ1) is 18.6. The van der Waals surface area contributed by atoms with Crippen molar-refractivity contribution in [2.45, 2.75) is 50.7 Å². The minimum absolute atomic E-state index is 0. The zero-order chi connectivity index (χ0) is 26.9. The number of likely N-dealkylation sites (tertiary alicyclic amines) is 1.